The molecule has 1 aliphatic heterocycles. The average Bonchev–Trinajstić information content (AvgIpc) is 3.10. The maximum absolute atomic E-state index is 13.3. The third kappa shape index (κ3) is 3.45. The minimum absolute atomic E-state index is 0.118. The molecule has 0 N–H and O–H groups in total. The highest BCUT2D eigenvalue weighted by atomic mass is 19.1. The molecular formula is C20H21FN4O. The van der Waals surface area contributed by atoms with Crippen LogP contribution in [0.2, 0.25) is 0 Å². The Morgan fingerprint density at radius 1 is 1.19 bits per heavy atom. The number of halogens is 1. The molecule has 0 saturated carbocycles. The molecule has 26 heavy (non-hydrogen) atoms. The van der Waals surface area contributed by atoms with Crippen molar-refractivity contribution in [3.8, 4) is 0 Å². The first kappa shape index (κ1) is 16.7. The maximum atomic E-state index is 13.3. The van der Waals surface area contributed by atoms with Gasteiger partial charge in [-0.15, -0.1) is 10.2 Å². The number of carbonyl (C=O) groups excluding carboxylic acids is 1. The minimum Gasteiger partial charge on any atom is -0.342 e. The van der Waals surface area contributed by atoms with Gasteiger partial charge in [0.25, 0.3) is 0 Å². The minimum atomic E-state index is -0.258. The monoisotopic (exact) mass is 352 g/mol. The zero-order valence-corrected chi connectivity index (χ0v) is 14.5. The predicted octanol–water partition coefficient (Wildman–Crippen LogP) is 3.21. The molecule has 0 aliphatic carbocycles. The van der Waals surface area contributed by atoms with E-state index in [4.69, 9.17) is 0 Å². The van der Waals surface area contributed by atoms with Gasteiger partial charge in [-0.1, -0.05) is 18.2 Å². The van der Waals surface area contributed by atoms with Crippen molar-refractivity contribution in [2.75, 3.05) is 13.1 Å². The quantitative estimate of drug-likeness (QED) is 0.724. The van der Waals surface area contributed by atoms with Crippen molar-refractivity contribution in [1.29, 1.82) is 0 Å². The molecule has 1 fully saturated rings. The fraction of sp³-hybridized carbons (Fsp3) is 0.350. The zero-order chi connectivity index (χ0) is 17.9. The van der Waals surface area contributed by atoms with E-state index in [1.54, 1.807) is 6.07 Å². The van der Waals surface area contributed by atoms with E-state index in [1.165, 1.54) is 12.1 Å². The maximum Gasteiger partial charge on any atom is 0.222 e. The number of pyridine rings is 1. The Balaban J connectivity index is 1.42. The molecular weight excluding hydrogens is 331 g/mol. The molecule has 1 amide bonds. The van der Waals surface area contributed by atoms with E-state index in [2.05, 4.69) is 10.2 Å². The SMILES string of the molecule is O=C(CCc1cccc(F)c1)N1CCCC(c2nnc3ccccn23)C1. The van der Waals surface area contributed by atoms with E-state index < -0.39 is 0 Å². The van der Waals surface area contributed by atoms with E-state index >= 15 is 0 Å². The molecule has 3 aromatic rings. The van der Waals surface area contributed by atoms with Gasteiger partial charge in [0, 0.05) is 31.6 Å². The molecule has 0 radical (unpaired) electrons. The van der Waals surface area contributed by atoms with Crippen molar-refractivity contribution >= 4 is 11.6 Å². The van der Waals surface area contributed by atoms with Gasteiger partial charge in [0.2, 0.25) is 5.91 Å². The second kappa shape index (κ2) is 7.23. The van der Waals surface area contributed by atoms with Gasteiger partial charge >= 0.3 is 0 Å². The Bertz CT molecular complexity index is 923. The van der Waals surface area contributed by atoms with Gasteiger partial charge in [0.15, 0.2) is 5.65 Å². The number of aryl methyl sites for hydroxylation is 1. The van der Waals surface area contributed by atoms with Crippen LogP contribution in [0.3, 0.4) is 0 Å². The lowest BCUT2D eigenvalue weighted by Gasteiger charge is -2.32. The summed E-state index contributed by atoms with van der Waals surface area (Å²) in [7, 11) is 0. The van der Waals surface area contributed by atoms with Crippen LogP contribution in [0.25, 0.3) is 5.65 Å². The summed E-state index contributed by atoms with van der Waals surface area (Å²) < 4.78 is 15.3. The third-order valence-corrected chi connectivity index (χ3v) is 5.00. The van der Waals surface area contributed by atoms with Crippen molar-refractivity contribution in [3.05, 3.63) is 65.9 Å². The second-order valence-corrected chi connectivity index (χ2v) is 6.80. The zero-order valence-electron chi connectivity index (χ0n) is 14.5. The highest BCUT2D eigenvalue weighted by molar-refractivity contribution is 5.76. The van der Waals surface area contributed by atoms with E-state index in [1.807, 2.05) is 39.8 Å². The summed E-state index contributed by atoms with van der Waals surface area (Å²) in [5.74, 6) is 0.974. The summed E-state index contributed by atoms with van der Waals surface area (Å²) in [4.78, 5) is 14.5. The van der Waals surface area contributed by atoms with Gasteiger partial charge in [-0.05, 0) is 49.1 Å². The molecule has 134 valence electrons. The highest BCUT2D eigenvalue weighted by Gasteiger charge is 2.27. The number of fused-ring (bicyclic) bond motifs is 1. The number of carbonyl (C=O) groups is 1. The van der Waals surface area contributed by atoms with Crippen LogP contribution in [0, 0.1) is 5.82 Å². The Labute approximate surface area is 151 Å². The van der Waals surface area contributed by atoms with Gasteiger partial charge in [0.1, 0.15) is 11.6 Å². The summed E-state index contributed by atoms with van der Waals surface area (Å²) >= 11 is 0. The number of nitrogens with zero attached hydrogens (tertiary/aromatic N) is 4. The smallest absolute Gasteiger partial charge is 0.222 e. The molecule has 1 saturated heterocycles. The van der Waals surface area contributed by atoms with Gasteiger partial charge < -0.3 is 4.90 Å². The first-order valence-corrected chi connectivity index (χ1v) is 9.02. The summed E-state index contributed by atoms with van der Waals surface area (Å²) in [6.45, 7) is 1.44. The van der Waals surface area contributed by atoms with Crippen molar-refractivity contribution in [2.45, 2.75) is 31.6 Å². The highest BCUT2D eigenvalue weighted by Crippen LogP contribution is 2.26. The molecule has 4 rings (SSSR count). The van der Waals surface area contributed by atoms with E-state index in [0.717, 1.165) is 36.4 Å². The van der Waals surface area contributed by atoms with Crippen LogP contribution in [-0.2, 0) is 11.2 Å². The lowest BCUT2D eigenvalue weighted by molar-refractivity contribution is -0.132. The van der Waals surface area contributed by atoms with Crippen molar-refractivity contribution in [2.24, 2.45) is 0 Å². The molecule has 0 bridgehead atoms. The molecule has 1 unspecified atom stereocenters. The molecule has 5 nitrogen and oxygen atoms in total. The van der Waals surface area contributed by atoms with Crippen molar-refractivity contribution in [3.63, 3.8) is 0 Å². The predicted molar refractivity (Wildman–Crippen MR) is 96.3 cm³/mol. The molecule has 6 heteroatoms. The number of piperidine rings is 1. The fourth-order valence-corrected chi connectivity index (χ4v) is 3.65. The Morgan fingerprint density at radius 2 is 2.12 bits per heavy atom. The number of benzene rings is 1. The first-order valence-electron chi connectivity index (χ1n) is 9.02. The van der Waals surface area contributed by atoms with Crippen LogP contribution in [-0.4, -0.2) is 38.5 Å². The number of likely N-dealkylation sites (tertiary alicyclic amines) is 1. The van der Waals surface area contributed by atoms with Crippen molar-refractivity contribution < 1.29 is 9.18 Å². The van der Waals surface area contributed by atoms with Crippen LogP contribution in [0.1, 0.15) is 36.6 Å². The van der Waals surface area contributed by atoms with Crippen LogP contribution in [0.5, 0.6) is 0 Å². The molecule has 1 atom stereocenters. The van der Waals surface area contributed by atoms with Gasteiger partial charge in [-0.25, -0.2) is 4.39 Å². The summed E-state index contributed by atoms with van der Waals surface area (Å²) in [5.41, 5.74) is 1.69. The number of rotatable bonds is 4. The molecule has 3 heterocycles. The molecule has 0 spiro atoms. The number of hydrogen-bond donors (Lipinski definition) is 0. The Morgan fingerprint density at radius 3 is 3.00 bits per heavy atom. The third-order valence-electron chi connectivity index (χ3n) is 5.00. The Hall–Kier alpha value is -2.76. The standard InChI is InChI=1S/C20H21FN4O/c21-17-7-3-5-15(13-17)9-10-19(26)24-11-4-6-16(14-24)20-23-22-18-8-1-2-12-25(18)20/h1-3,5,7-8,12-13,16H,4,6,9-11,14H2. The van der Waals surface area contributed by atoms with Crippen LogP contribution >= 0.6 is 0 Å². The number of aromatic nitrogens is 3. The normalized spacial score (nSPS) is 17.6. The fourth-order valence-electron chi connectivity index (χ4n) is 3.65. The van der Waals surface area contributed by atoms with Gasteiger partial charge in [-0.2, -0.15) is 0 Å². The lowest BCUT2D eigenvalue weighted by atomic mass is 9.96. The van der Waals surface area contributed by atoms with Crippen LogP contribution in [0.15, 0.2) is 48.7 Å². The van der Waals surface area contributed by atoms with E-state index in [-0.39, 0.29) is 17.6 Å². The van der Waals surface area contributed by atoms with E-state index in [0.29, 0.717) is 19.4 Å². The first-order chi connectivity index (χ1) is 12.7. The number of amides is 1. The lowest BCUT2D eigenvalue weighted by Crippen LogP contribution is -2.39. The number of hydrogen-bond acceptors (Lipinski definition) is 3. The van der Waals surface area contributed by atoms with Gasteiger partial charge in [-0.3, -0.25) is 9.20 Å². The average molecular weight is 352 g/mol. The molecule has 1 aliphatic rings. The molecule has 2 aromatic heterocycles. The topological polar surface area (TPSA) is 50.5 Å². The van der Waals surface area contributed by atoms with Crippen LogP contribution in [0.4, 0.5) is 4.39 Å². The van der Waals surface area contributed by atoms with Crippen molar-refractivity contribution in [1.82, 2.24) is 19.5 Å². The molecule has 1 aromatic carbocycles. The largest absolute Gasteiger partial charge is 0.342 e. The van der Waals surface area contributed by atoms with Crippen LogP contribution < -0.4 is 0 Å². The second-order valence-electron chi connectivity index (χ2n) is 6.80. The van der Waals surface area contributed by atoms with Gasteiger partial charge in [0.05, 0.1) is 0 Å². The van der Waals surface area contributed by atoms with E-state index in [9.17, 15) is 9.18 Å². The summed E-state index contributed by atoms with van der Waals surface area (Å²) in [5, 5.41) is 8.57. The Kier molecular flexibility index (Phi) is 4.65. The summed E-state index contributed by atoms with van der Waals surface area (Å²) in [6.07, 6.45) is 4.89. The summed E-state index contributed by atoms with van der Waals surface area (Å²) in [6, 6.07) is 12.3.